The molecule has 0 amide bonds. The lowest BCUT2D eigenvalue weighted by Crippen LogP contribution is -2.29. The molecule has 0 aromatic heterocycles. The first kappa shape index (κ1) is 15.3. The average molecular weight is 261 g/mol. The summed E-state index contributed by atoms with van der Waals surface area (Å²) in [4.78, 5) is 0. The minimum atomic E-state index is 0.00824. The zero-order chi connectivity index (χ0) is 12.9. The first-order chi connectivity index (χ1) is 7.98. The van der Waals surface area contributed by atoms with Crippen molar-refractivity contribution in [1.82, 2.24) is 0 Å². The normalized spacial score (nSPS) is 30.5. The van der Waals surface area contributed by atoms with E-state index in [4.69, 9.17) is 16.3 Å². The van der Waals surface area contributed by atoms with E-state index >= 15 is 0 Å². The van der Waals surface area contributed by atoms with E-state index in [0.29, 0.717) is 11.3 Å². The zero-order valence-corrected chi connectivity index (χ0v) is 12.7. The highest BCUT2D eigenvalue weighted by Gasteiger charge is 2.30. The molecule has 1 saturated carbocycles. The Balaban J connectivity index is 2.39. The lowest BCUT2D eigenvalue weighted by molar-refractivity contribution is 0.00827. The van der Waals surface area contributed by atoms with Crippen molar-refractivity contribution >= 4 is 11.6 Å². The predicted molar refractivity (Wildman–Crippen MR) is 75.7 cm³/mol. The molecule has 102 valence electrons. The van der Waals surface area contributed by atoms with Gasteiger partial charge in [-0.3, -0.25) is 0 Å². The molecule has 2 heteroatoms. The van der Waals surface area contributed by atoms with Crippen molar-refractivity contribution in [2.24, 2.45) is 11.8 Å². The summed E-state index contributed by atoms with van der Waals surface area (Å²) in [6.07, 6.45) is 8.92. The third-order valence-corrected chi connectivity index (χ3v) is 4.94. The summed E-state index contributed by atoms with van der Waals surface area (Å²) in [5.74, 6) is 1.63. The Morgan fingerprint density at radius 2 is 1.94 bits per heavy atom. The van der Waals surface area contributed by atoms with Crippen LogP contribution in [0.3, 0.4) is 0 Å². The van der Waals surface area contributed by atoms with Crippen molar-refractivity contribution in [1.29, 1.82) is 0 Å². The second-order valence-corrected chi connectivity index (χ2v) is 6.81. The monoisotopic (exact) mass is 260 g/mol. The smallest absolute Gasteiger partial charge is 0.0622 e. The van der Waals surface area contributed by atoms with E-state index in [1.165, 1.54) is 38.5 Å². The summed E-state index contributed by atoms with van der Waals surface area (Å²) in [6.45, 7) is 6.63. The van der Waals surface area contributed by atoms with Gasteiger partial charge < -0.3 is 4.74 Å². The van der Waals surface area contributed by atoms with Crippen LogP contribution in [0.15, 0.2) is 0 Å². The fourth-order valence-corrected chi connectivity index (χ4v) is 3.28. The largest absolute Gasteiger partial charge is 0.379 e. The van der Waals surface area contributed by atoms with E-state index in [1.807, 2.05) is 0 Å². The molecule has 0 heterocycles. The number of hydrogen-bond acceptors (Lipinski definition) is 1. The molecule has 0 spiro atoms. The van der Waals surface area contributed by atoms with Crippen molar-refractivity contribution in [3.63, 3.8) is 0 Å². The lowest BCUT2D eigenvalue weighted by Gasteiger charge is -2.35. The number of hydrogen-bond donors (Lipinski definition) is 0. The van der Waals surface area contributed by atoms with Crippen LogP contribution in [-0.4, -0.2) is 18.1 Å². The van der Waals surface area contributed by atoms with E-state index in [2.05, 4.69) is 20.8 Å². The van der Waals surface area contributed by atoms with Crippen LogP contribution in [0.25, 0.3) is 0 Å². The van der Waals surface area contributed by atoms with E-state index in [1.54, 1.807) is 7.11 Å². The minimum absolute atomic E-state index is 0.00824. The summed E-state index contributed by atoms with van der Waals surface area (Å²) in [6, 6.07) is 0. The van der Waals surface area contributed by atoms with E-state index in [9.17, 15) is 0 Å². The molecule has 1 aliphatic rings. The van der Waals surface area contributed by atoms with Gasteiger partial charge in [0.15, 0.2) is 0 Å². The third-order valence-electron chi connectivity index (χ3n) is 4.36. The molecule has 0 aromatic rings. The number of alkyl halides is 1. The highest BCUT2D eigenvalue weighted by Crippen LogP contribution is 2.38. The van der Waals surface area contributed by atoms with Crippen LogP contribution in [0.2, 0.25) is 0 Å². The Labute approximate surface area is 112 Å². The van der Waals surface area contributed by atoms with Crippen LogP contribution in [0.1, 0.15) is 65.7 Å². The molecular weight excluding hydrogens is 232 g/mol. The van der Waals surface area contributed by atoms with Crippen LogP contribution in [0.4, 0.5) is 0 Å². The molecule has 0 N–H and O–H groups in total. The number of methoxy groups -OCH3 is 1. The first-order valence-corrected chi connectivity index (χ1v) is 7.61. The predicted octanol–water partition coefficient (Wildman–Crippen LogP) is 5.02. The summed E-state index contributed by atoms with van der Waals surface area (Å²) in [5, 5.41) is 0.399. The molecule has 0 bridgehead atoms. The average Bonchev–Trinajstić information content (AvgIpc) is 2.30. The molecule has 0 aliphatic heterocycles. The fourth-order valence-electron chi connectivity index (χ4n) is 2.93. The summed E-state index contributed by atoms with van der Waals surface area (Å²) >= 11 is 6.48. The van der Waals surface area contributed by atoms with E-state index in [-0.39, 0.29) is 5.60 Å². The van der Waals surface area contributed by atoms with Crippen molar-refractivity contribution in [2.75, 3.05) is 7.11 Å². The molecule has 0 radical (unpaired) electrons. The van der Waals surface area contributed by atoms with Crippen LogP contribution in [0.5, 0.6) is 0 Å². The maximum Gasteiger partial charge on any atom is 0.0622 e. The Hall–Kier alpha value is 0.250. The van der Waals surface area contributed by atoms with Gasteiger partial charge in [-0.25, -0.2) is 0 Å². The van der Waals surface area contributed by atoms with Gasteiger partial charge >= 0.3 is 0 Å². The van der Waals surface area contributed by atoms with Crippen LogP contribution in [0, 0.1) is 11.8 Å². The summed E-state index contributed by atoms with van der Waals surface area (Å²) in [7, 11) is 1.80. The van der Waals surface area contributed by atoms with Gasteiger partial charge in [0.25, 0.3) is 0 Å². The van der Waals surface area contributed by atoms with Crippen molar-refractivity contribution in [2.45, 2.75) is 76.7 Å². The standard InChI is InChI=1S/C15H29ClO/c1-5-6-12-7-8-14(16)13(11-12)9-10-15(2,3)17-4/h12-14H,5-11H2,1-4H3. The van der Waals surface area contributed by atoms with Crippen molar-refractivity contribution in [3.8, 4) is 0 Å². The summed E-state index contributed by atoms with van der Waals surface area (Å²) in [5.41, 5.74) is 0.00824. The van der Waals surface area contributed by atoms with E-state index < -0.39 is 0 Å². The first-order valence-electron chi connectivity index (χ1n) is 7.17. The van der Waals surface area contributed by atoms with Gasteiger partial charge in [0.05, 0.1) is 5.60 Å². The van der Waals surface area contributed by atoms with Crippen molar-refractivity contribution < 1.29 is 4.74 Å². The molecule has 0 saturated heterocycles. The highest BCUT2D eigenvalue weighted by molar-refractivity contribution is 6.20. The van der Waals surface area contributed by atoms with Crippen LogP contribution >= 0.6 is 11.6 Å². The Morgan fingerprint density at radius 3 is 2.53 bits per heavy atom. The van der Waals surface area contributed by atoms with E-state index in [0.717, 1.165) is 12.3 Å². The molecule has 3 atom stereocenters. The maximum atomic E-state index is 6.48. The van der Waals surface area contributed by atoms with Gasteiger partial charge in [-0.15, -0.1) is 11.6 Å². The van der Waals surface area contributed by atoms with Crippen LogP contribution in [-0.2, 0) is 4.74 Å². The number of ether oxygens (including phenoxy) is 1. The maximum absolute atomic E-state index is 6.48. The Kier molecular flexibility index (Phi) is 6.30. The van der Waals surface area contributed by atoms with Crippen molar-refractivity contribution in [3.05, 3.63) is 0 Å². The second-order valence-electron chi connectivity index (χ2n) is 6.25. The molecule has 3 unspecified atom stereocenters. The fraction of sp³-hybridized carbons (Fsp3) is 1.00. The van der Waals surface area contributed by atoms with Gasteiger partial charge in [0.1, 0.15) is 0 Å². The Morgan fingerprint density at radius 1 is 1.24 bits per heavy atom. The molecular formula is C15H29ClO. The molecule has 1 nitrogen and oxygen atoms in total. The van der Waals surface area contributed by atoms with Gasteiger partial charge in [-0.1, -0.05) is 19.8 Å². The SMILES string of the molecule is CCCC1CCC(Cl)C(CCC(C)(C)OC)C1. The van der Waals surface area contributed by atoms with Gasteiger partial charge in [-0.2, -0.15) is 0 Å². The van der Waals surface area contributed by atoms with Gasteiger partial charge in [-0.05, 0) is 57.8 Å². The molecule has 1 fully saturated rings. The lowest BCUT2D eigenvalue weighted by atomic mass is 9.76. The topological polar surface area (TPSA) is 9.23 Å². The molecule has 1 aliphatic carbocycles. The number of rotatable bonds is 6. The molecule has 0 aromatic carbocycles. The zero-order valence-electron chi connectivity index (χ0n) is 12.0. The Bertz CT molecular complexity index is 215. The molecule has 17 heavy (non-hydrogen) atoms. The summed E-state index contributed by atoms with van der Waals surface area (Å²) < 4.78 is 5.50. The van der Waals surface area contributed by atoms with Crippen LogP contribution < -0.4 is 0 Å². The molecule has 1 rings (SSSR count). The second kappa shape index (κ2) is 6.99. The van der Waals surface area contributed by atoms with Gasteiger partial charge in [0.2, 0.25) is 0 Å². The van der Waals surface area contributed by atoms with Gasteiger partial charge in [0, 0.05) is 12.5 Å². The highest BCUT2D eigenvalue weighted by atomic mass is 35.5. The third kappa shape index (κ3) is 5.18. The quantitative estimate of drug-likeness (QED) is 0.610. The number of halogens is 1. The minimum Gasteiger partial charge on any atom is -0.379 e.